The van der Waals surface area contributed by atoms with E-state index in [4.69, 9.17) is 4.74 Å². The summed E-state index contributed by atoms with van der Waals surface area (Å²) in [4.78, 5) is 12.5. The first kappa shape index (κ1) is 14.5. The minimum atomic E-state index is -0.471. The van der Waals surface area contributed by atoms with Gasteiger partial charge in [-0.05, 0) is 25.0 Å². The van der Waals surface area contributed by atoms with Crippen molar-refractivity contribution in [3.8, 4) is 0 Å². The Morgan fingerprint density at radius 2 is 1.85 bits per heavy atom. The van der Waals surface area contributed by atoms with Crippen LogP contribution in [0.15, 0.2) is 54.6 Å². The first-order valence-corrected chi connectivity index (χ1v) is 6.95. The van der Waals surface area contributed by atoms with Crippen molar-refractivity contribution in [2.45, 2.75) is 26.4 Å². The monoisotopic (exact) mass is 268 g/mol. The first-order chi connectivity index (χ1) is 9.70. The van der Waals surface area contributed by atoms with Crippen LogP contribution < -0.4 is 0 Å². The normalized spacial score (nSPS) is 12.1. The van der Waals surface area contributed by atoms with E-state index in [-0.39, 0.29) is 5.78 Å². The van der Waals surface area contributed by atoms with Gasteiger partial charge in [0.1, 0.15) is 6.10 Å². The van der Waals surface area contributed by atoms with Crippen LogP contribution in [-0.4, -0.2) is 12.4 Å². The molecule has 0 N–H and O–H groups in total. The van der Waals surface area contributed by atoms with E-state index in [1.807, 2.05) is 68.4 Å². The predicted octanol–water partition coefficient (Wildman–Crippen LogP) is 3.88. The van der Waals surface area contributed by atoms with Crippen LogP contribution in [0, 0.1) is 6.92 Å². The van der Waals surface area contributed by atoms with E-state index < -0.39 is 6.10 Å². The lowest BCUT2D eigenvalue weighted by molar-refractivity contribution is -0.130. The van der Waals surface area contributed by atoms with Crippen LogP contribution in [0.25, 0.3) is 0 Å². The summed E-state index contributed by atoms with van der Waals surface area (Å²) in [7, 11) is 0. The van der Waals surface area contributed by atoms with Gasteiger partial charge in [0, 0.05) is 13.0 Å². The highest BCUT2D eigenvalue weighted by Gasteiger charge is 2.20. The van der Waals surface area contributed by atoms with Gasteiger partial charge in [-0.15, -0.1) is 0 Å². The zero-order chi connectivity index (χ0) is 14.4. The van der Waals surface area contributed by atoms with Crippen molar-refractivity contribution in [3.05, 3.63) is 71.3 Å². The second kappa shape index (κ2) is 7.01. The number of rotatable bonds is 6. The molecule has 2 aromatic carbocycles. The fourth-order valence-electron chi connectivity index (χ4n) is 2.29. The lowest BCUT2D eigenvalue weighted by Crippen LogP contribution is -2.18. The summed E-state index contributed by atoms with van der Waals surface area (Å²) in [6.07, 6.45) is -0.0666. The van der Waals surface area contributed by atoms with Crippen LogP contribution in [0.4, 0.5) is 0 Å². The summed E-state index contributed by atoms with van der Waals surface area (Å²) in [6, 6.07) is 17.7. The number of Topliss-reactive ketones (excluding diaryl/α,β-unsaturated/α-hetero) is 1. The van der Waals surface area contributed by atoms with Crippen molar-refractivity contribution >= 4 is 5.78 Å². The van der Waals surface area contributed by atoms with Gasteiger partial charge in [0.15, 0.2) is 5.78 Å². The van der Waals surface area contributed by atoms with Crippen LogP contribution in [-0.2, 0) is 16.0 Å². The fourth-order valence-corrected chi connectivity index (χ4v) is 2.29. The van der Waals surface area contributed by atoms with E-state index in [2.05, 4.69) is 0 Å². The predicted molar refractivity (Wildman–Crippen MR) is 80.7 cm³/mol. The van der Waals surface area contributed by atoms with Gasteiger partial charge in [-0.2, -0.15) is 0 Å². The average Bonchev–Trinajstić information content (AvgIpc) is 2.45. The molecule has 0 aliphatic carbocycles. The molecule has 2 heteroatoms. The van der Waals surface area contributed by atoms with Crippen LogP contribution in [0.1, 0.15) is 29.7 Å². The Balaban J connectivity index is 2.15. The Kier molecular flexibility index (Phi) is 5.08. The summed E-state index contributed by atoms with van der Waals surface area (Å²) in [5, 5.41) is 0. The Morgan fingerprint density at radius 1 is 1.10 bits per heavy atom. The summed E-state index contributed by atoms with van der Waals surface area (Å²) < 4.78 is 5.64. The molecule has 0 aromatic heterocycles. The van der Waals surface area contributed by atoms with Gasteiger partial charge in [-0.25, -0.2) is 0 Å². The van der Waals surface area contributed by atoms with Crippen LogP contribution in [0.3, 0.4) is 0 Å². The maximum absolute atomic E-state index is 12.5. The maximum atomic E-state index is 12.5. The fraction of sp³-hybridized carbons (Fsp3) is 0.278. The number of aryl methyl sites for hydroxylation is 1. The van der Waals surface area contributed by atoms with E-state index in [1.165, 1.54) is 5.56 Å². The molecular weight excluding hydrogens is 248 g/mol. The van der Waals surface area contributed by atoms with Crippen molar-refractivity contribution in [1.29, 1.82) is 0 Å². The molecule has 104 valence electrons. The number of ether oxygens (including phenoxy) is 1. The zero-order valence-electron chi connectivity index (χ0n) is 12.0. The molecule has 2 aromatic rings. The molecule has 0 radical (unpaired) electrons. The molecule has 0 amide bonds. The first-order valence-electron chi connectivity index (χ1n) is 6.95. The van der Waals surface area contributed by atoms with Gasteiger partial charge < -0.3 is 4.74 Å². The van der Waals surface area contributed by atoms with Crippen molar-refractivity contribution in [1.82, 2.24) is 0 Å². The van der Waals surface area contributed by atoms with Gasteiger partial charge in [-0.3, -0.25) is 4.79 Å². The molecule has 0 aliphatic rings. The molecule has 0 fully saturated rings. The molecule has 0 saturated carbocycles. The molecule has 0 spiro atoms. The second-order valence-electron chi connectivity index (χ2n) is 4.88. The molecule has 2 rings (SSSR count). The molecular formula is C18H20O2. The summed E-state index contributed by atoms with van der Waals surface area (Å²) in [6.45, 7) is 4.47. The third-order valence-electron chi connectivity index (χ3n) is 3.19. The molecule has 20 heavy (non-hydrogen) atoms. The van der Waals surface area contributed by atoms with Gasteiger partial charge in [-0.1, -0.05) is 60.2 Å². The smallest absolute Gasteiger partial charge is 0.170 e. The van der Waals surface area contributed by atoms with Crippen LogP contribution >= 0.6 is 0 Å². The van der Waals surface area contributed by atoms with Gasteiger partial charge in [0.25, 0.3) is 0 Å². The number of carbonyl (C=O) groups excluding carboxylic acids is 1. The maximum Gasteiger partial charge on any atom is 0.170 e. The van der Waals surface area contributed by atoms with E-state index in [0.29, 0.717) is 13.0 Å². The highest BCUT2D eigenvalue weighted by molar-refractivity contribution is 5.86. The van der Waals surface area contributed by atoms with Crippen molar-refractivity contribution in [3.63, 3.8) is 0 Å². The largest absolute Gasteiger partial charge is 0.366 e. The van der Waals surface area contributed by atoms with Gasteiger partial charge >= 0.3 is 0 Å². The highest BCUT2D eigenvalue weighted by atomic mass is 16.5. The number of ketones is 1. The number of carbonyl (C=O) groups is 1. The minimum absolute atomic E-state index is 0.101. The topological polar surface area (TPSA) is 26.3 Å². The summed E-state index contributed by atoms with van der Waals surface area (Å²) in [5.41, 5.74) is 3.13. The standard InChI is InChI=1S/C18H20O2/c1-3-20-18(16-10-5-4-6-11-16)17(19)13-15-9-7-8-14(2)12-15/h4-12,18H,3,13H2,1-2H3. The lowest BCUT2D eigenvalue weighted by Gasteiger charge is -2.16. The molecule has 0 saturated heterocycles. The van der Waals surface area contributed by atoms with E-state index in [0.717, 1.165) is 11.1 Å². The summed E-state index contributed by atoms with van der Waals surface area (Å²) >= 11 is 0. The molecule has 0 heterocycles. The number of hydrogen-bond acceptors (Lipinski definition) is 2. The van der Waals surface area contributed by atoms with Crippen LogP contribution in [0.2, 0.25) is 0 Å². The Hall–Kier alpha value is -1.93. The quantitative estimate of drug-likeness (QED) is 0.794. The van der Waals surface area contributed by atoms with Crippen molar-refractivity contribution in [2.24, 2.45) is 0 Å². The van der Waals surface area contributed by atoms with Crippen molar-refractivity contribution in [2.75, 3.05) is 6.61 Å². The Bertz CT molecular complexity index is 561. The van der Waals surface area contributed by atoms with Gasteiger partial charge in [0.2, 0.25) is 0 Å². The number of hydrogen-bond donors (Lipinski definition) is 0. The zero-order valence-corrected chi connectivity index (χ0v) is 12.0. The average molecular weight is 268 g/mol. The molecule has 1 atom stereocenters. The second-order valence-corrected chi connectivity index (χ2v) is 4.88. The molecule has 2 nitrogen and oxygen atoms in total. The van der Waals surface area contributed by atoms with E-state index >= 15 is 0 Å². The van der Waals surface area contributed by atoms with Gasteiger partial charge in [0.05, 0.1) is 0 Å². The third-order valence-corrected chi connectivity index (χ3v) is 3.19. The lowest BCUT2D eigenvalue weighted by atomic mass is 9.99. The summed E-state index contributed by atoms with van der Waals surface area (Å²) in [5.74, 6) is 0.101. The van der Waals surface area contributed by atoms with E-state index in [1.54, 1.807) is 0 Å². The minimum Gasteiger partial charge on any atom is -0.366 e. The van der Waals surface area contributed by atoms with Crippen LogP contribution in [0.5, 0.6) is 0 Å². The highest BCUT2D eigenvalue weighted by Crippen LogP contribution is 2.20. The molecule has 0 bridgehead atoms. The molecule has 1 unspecified atom stereocenters. The molecule has 0 aliphatic heterocycles. The third kappa shape index (κ3) is 3.78. The van der Waals surface area contributed by atoms with E-state index in [9.17, 15) is 4.79 Å². The Morgan fingerprint density at radius 3 is 2.50 bits per heavy atom. The number of benzene rings is 2. The SMILES string of the molecule is CCOC(C(=O)Cc1cccc(C)c1)c1ccccc1. The van der Waals surface area contributed by atoms with Crippen molar-refractivity contribution < 1.29 is 9.53 Å². The Labute approximate surface area is 120 Å².